The van der Waals surface area contributed by atoms with Crippen molar-refractivity contribution in [1.82, 2.24) is 9.78 Å². The number of aromatic nitrogens is 2. The van der Waals surface area contributed by atoms with Crippen molar-refractivity contribution in [3.8, 4) is 0 Å². The van der Waals surface area contributed by atoms with E-state index in [4.69, 9.17) is 10.5 Å². The number of nitrogens with two attached hydrogens (primary N) is 1. The predicted octanol–water partition coefficient (Wildman–Crippen LogP) is 2.47. The molecule has 0 fully saturated rings. The largest absolute Gasteiger partial charge is 0.456 e. The van der Waals surface area contributed by atoms with Crippen molar-refractivity contribution in [2.75, 3.05) is 5.73 Å². The van der Waals surface area contributed by atoms with Gasteiger partial charge in [0.05, 0.1) is 24.0 Å². The number of hydrogen-bond donors (Lipinski definition) is 1. The van der Waals surface area contributed by atoms with Gasteiger partial charge in [0.2, 0.25) is 0 Å². The van der Waals surface area contributed by atoms with E-state index in [2.05, 4.69) is 5.10 Å². The Morgan fingerprint density at radius 3 is 2.65 bits per heavy atom. The van der Waals surface area contributed by atoms with Crippen molar-refractivity contribution in [2.45, 2.75) is 32.9 Å². The van der Waals surface area contributed by atoms with Gasteiger partial charge in [0, 0.05) is 6.20 Å². The number of hydrogen-bond acceptors (Lipinski definition) is 4. The predicted molar refractivity (Wildman–Crippen MR) is 77.4 cm³/mol. The summed E-state index contributed by atoms with van der Waals surface area (Å²) in [6, 6.07) is 7.35. The van der Waals surface area contributed by atoms with E-state index < -0.39 is 5.60 Å². The summed E-state index contributed by atoms with van der Waals surface area (Å²) in [6.45, 7) is 6.03. The van der Waals surface area contributed by atoms with Gasteiger partial charge in [-0.15, -0.1) is 0 Å². The van der Waals surface area contributed by atoms with Crippen molar-refractivity contribution < 1.29 is 9.53 Å². The van der Waals surface area contributed by atoms with Gasteiger partial charge in [-0.3, -0.25) is 4.68 Å². The second kappa shape index (κ2) is 5.36. The van der Waals surface area contributed by atoms with Crippen LogP contribution in [0, 0.1) is 0 Å². The van der Waals surface area contributed by atoms with Crippen LogP contribution in [0.25, 0.3) is 0 Å². The number of nitrogens with zero attached hydrogens (tertiary/aromatic N) is 2. The summed E-state index contributed by atoms with van der Waals surface area (Å²) in [6.07, 6.45) is 3.31. The zero-order valence-corrected chi connectivity index (χ0v) is 12.0. The second-order valence-corrected chi connectivity index (χ2v) is 5.63. The van der Waals surface area contributed by atoms with Gasteiger partial charge < -0.3 is 10.5 Å². The Morgan fingerprint density at radius 1 is 1.35 bits per heavy atom. The average Bonchev–Trinajstić information content (AvgIpc) is 2.73. The highest BCUT2D eigenvalue weighted by molar-refractivity contribution is 5.91. The Kier molecular flexibility index (Phi) is 3.79. The van der Waals surface area contributed by atoms with Gasteiger partial charge in [0.15, 0.2) is 0 Å². The quantitative estimate of drug-likeness (QED) is 0.872. The monoisotopic (exact) mass is 273 g/mol. The first kappa shape index (κ1) is 14.1. The van der Waals surface area contributed by atoms with Crippen LogP contribution in [0.2, 0.25) is 0 Å². The zero-order valence-electron chi connectivity index (χ0n) is 12.0. The summed E-state index contributed by atoms with van der Waals surface area (Å²) in [5.41, 5.74) is 7.13. The fourth-order valence-corrected chi connectivity index (χ4v) is 1.83. The van der Waals surface area contributed by atoms with E-state index in [0.717, 1.165) is 5.56 Å². The van der Waals surface area contributed by atoms with E-state index in [1.165, 1.54) is 0 Å². The molecule has 0 radical (unpaired) electrons. The number of nitrogen functional groups attached to an aromatic ring is 1. The topological polar surface area (TPSA) is 70.1 Å². The first-order chi connectivity index (χ1) is 9.35. The Balaban J connectivity index is 2.24. The van der Waals surface area contributed by atoms with Crippen LogP contribution in [0.1, 0.15) is 36.7 Å². The molecule has 2 rings (SSSR count). The van der Waals surface area contributed by atoms with E-state index >= 15 is 0 Å². The molecule has 5 heteroatoms. The molecule has 1 heterocycles. The molecule has 0 aliphatic heterocycles. The lowest BCUT2D eigenvalue weighted by atomic mass is 10.1. The molecule has 0 aliphatic carbocycles. The summed E-state index contributed by atoms with van der Waals surface area (Å²) in [7, 11) is 0. The zero-order chi connectivity index (χ0) is 14.8. The minimum absolute atomic E-state index is 0.326. The maximum atomic E-state index is 12.2. The molecule has 0 atom stereocenters. The van der Waals surface area contributed by atoms with Crippen LogP contribution in [0.4, 0.5) is 5.69 Å². The van der Waals surface area contributed by atoms with E-state index in [1.807, 2.05) is 39.0 Å². The molecule has 2 N–H and O–H groups in total. The Bertz CT molecular complexity index is 612. The number of ether oxygens (including phenoxy) is 1. The number of rotatable bonds is 3. The summed E-state index contributed by atoms with van der Waals surface area (Å²) in [5, 5.41) is 4.13. The van der Waals surface area contributed by atoms with Crippen molar-refractivity contribution >= 4 is 11.7 Å². The minimum Gasteiger partial charge on any atom is -0.456 e. The third-order valence-corrected chi connectivity index (χ3v) is 2.62. The minimum atomic E-state index is -0.514. The van der Waals surface area contributed by atoms with E-state index in [9.17, 15) is 4.79 Å². The highest BCUT2D eigenvalue weighted by Gasteiger charge is 2.20. The lowest BCUT2D eigenvalue weighted by Gasteiger charge is -2.20. The van der Waals surface area contributed by atoms with Crippen LogP contribution in [0.5, 0.6) is 0 Å². The van der Waals surface area contributed by atoms with Crippen molar-refractivity contribution in [1.29, 1.82) is 0 Å². The van der Waals surface area contributed by atoms with E-state index in [0.29, 0.717) is 17.8 Å². The molecule has 0 saturated heterocycles. The molecule has 0 spiro atoms. The first-order valence-electron chi connectivity index (χ1n) is 6.44. The SMILES string of the molecule is CC(C)(C)OC(=O)c1ccccc1Cn1cc(N)cn1. The third-order valence-electron chi connectivity index (χ3n) is 2.62. The number of benzene rings is 1. The van der Waals surface area contributed by atoms with E-state index in [1.54, 1.807) is 23.1 Å². The Hall–Kier alpha value is -2.30. The third kappa shape index (κ3) is 3.60. The number of carbonyl (C=O) groups is 1. The molecule has 2 aromatic rings. The van der Waals surface area contributed by atoms with Crippen LogP contribution < -0.4 is 5.73 Å². The van der Waals surface area contributed by atoms with Crippen molar-refractivity contribution in [2.24, 2.45) is 0 Å². The molecule has 20 heavy (non-hydrogen) atoms. The summed E-state index contributed by atoms with van der Waals surface area (Å²) in [4.78, 5) is 12.2. The highest BCUT2D eigenvalue weighted by atomic mass is 16.6. The summed E-state index contributed by atoms with van der Waals surface area (Å²) in [5.74, 6) is -0.326. The standard InChI is InChI=1S/C15H19N3O2/c1-15(2,3)20-14(19)13-7-5-4-6-11(13)9-18-10-12(16)8-17-18/h4-8,10H,9,16H2,1-3H3. The van der Waals surface area contributed by atoms with E-state index in [-0.39, 0.29) is 5.97 Å². The fraction of sp³-hybridized carbons (Fsp3) is 0.333. The molecule has 0 bridgehead atoms. The van der Waals surface area contributed by atoms with Crippen LogP contribution in [0.15, 0.2) is 36.7 Å². The summed E-state index contributed by atoms with van der Waals surface area (Å²) < 4.78 is 7.11. The fourth-order valence-electron chi connectivity index (χ4n) is 1.83. The van der Waals surface area contributed by atoms with Gasteiger partial charge >= 0.3 is 5.97 Å². The molecule has 0 amide bonds. The molecular weight excluding hydrogens is 254 g/mol. The van der Waals surface area contributed by atoms with Gasteiger partial charge in [-0.1, -0.05) is 18.2 Å². The number of esters is 1. The first-order valence-corrected chi connectivity index (χ1v) is 6.44. The Morgan fingerprint density at radius 2 is 2.05 bits per heavy atom. The molecule has 0 aliphatic rings. The lowest BCUT2D eigenvalue weighted by molar-refractivity contribution is 0.00682. The maximum absolute atomic E-state index is 12.2. The lowest BCUT2D eigenvalue weighted by Crippen LogP contribution is -2.24. The Labute approximate surface area is 118 Å². The van der Waals surface area contributed by atoms with Gasteiger partial charge in [-0.05, 0) is 32.4 Å². The molecule has 0 saturated carbocycles. The van der Waals surface area contributed by atoms with Crippen LogP contribution in [0.3, 0.4) is 0 Å². The van der Waals surface area contributed by atoms with Crippen LogP contribution >= 0.6 is 0 Å². The van der Waals surface area contributed by atoms with Gasteiger partial charge in [-0.2, -0.15) is 5.10 Å². The van der Waals surface area contributed by atoms with Crippen LogP contribution in [-0.4, -0.2) is 21.4 Å². The van der Waals surface area contributed by atoms with Crippen molar-refractivity contribution in [3.63, 3.8) is 0 Å². The number of carbonyl (C=O) groups excluding carboxylic acids is 1. The van der Waals surface area contributed by atoms with Crippen LogP contribution in [-0.2, 0) is 11.3 Å². The number of anilines is 1. The molecule has 5 nitrogen and oxygen atoms in total. The average molecular weight is 273 g/mol. The van der Waals surface area contributed by atoms with Gasteiger partial charge in [0.25, 0.3) is 0 Å². The molecule has 106 valence electrons. The van der Waals surface area contributed by atoms with Crippen molar-refractivity contribution in [3.05, 3.63) is 47.8 Å². The molecular formula is C15H19N3O2. The normalized spacial score (nSPS) is 11.3. The maximum Gasteiger partial charge on any atom is 0.338 e. The molecule has 0 unspecified atom stereocenters. The van der Waals surface area contributed by atoms with Gasteiger partial charge in [-0.25, -0.2) is 4.79 Å². The smallest absolute Gasteiger partial charge is 0.338 e. The molecule has 1 aromatic carbocycles. The molecule has 1 aromatic heterocycles. The summed E-state index contributed by atoms with van der Waals surface area (Å²) >= 11 is 0. The second-order valence-electron chi connectivity index (χ2n) is 5.63. The highest BCUT2D eigenvalue weighted by Crippen LogP contribution is 2.16. The van der Waals surface area contributed by atoms with Gasteiger partial charge in [0.1, 0.15) is 5.60 Å².